The summed E-state index contributed by atoms with van der Waals surface area (Å²) in [6.07, 6.45) is 3.26. The number of carbonyl (C=O) groups excluding carboxylic acids is 1. The van der Waals surface area contributed by atoms with Crippen LogP contribution in [-0.4, -0.2) is 17.6 Å². The number of anilines is 1. The second-order valence-electron chi connectivity index (χ2n) is 4.50. The molecule has 0 atom stereocenters. The van der Waals surface area contributed by atoms with E-state index in [9.17, 15) is 4.79 Å². The normalized spacial score (nSPS) is 9.45. The van der Waals surface area contributed by atoms with Gasteiger partial charge in [0.25, 0.3) is 0 Å². The summed E-state index contributed by atoms with van der Waals surface area (Å²) in [4.78, 5) is 15.4. The Morgan fingerprint density at radius 3 is 2.86 bits per heavy atom. The van der Waals surface area contributed by atoms with Gasteiger partial charge in [-0.3, -0.25) is 4.98 Å². The van der Waals surface area contributed by atoms with Crippen molar-refractivity contribution in [3.05, 3.63) is 59.9 Å². The molecule has 0 aliphatic rings. The highest BCUT2D eigenvalue weighted by Gasteiger charge is 2.00. The lowest BCUT2D eigenvalue weighted by Crippen LogP contribution is -2.24. The highest BCUT2D eigenvalue weighted by molar-refractivity contribution is 5.67. The molecule has 2 aromatic rings. The molecule has 5 heteroatoms. The van der Waals surface area contributed by atoms with Crippen LogP contribution in [0.5, 0.6) is 0 Å². The number of hydrogen-bond donors (Lipinski definition) is 2. The van der Waals surface area contributed by atoms with E-state index in [4.69, 9.17) is 10.5 Å². The van der Waals surface area contributed by atoms with Crippen molar-refractivity contribution in [3.8, 4) is 11.8 Å². The summed E-state index contributed by atoms with van der Waals surface area (Å²) in [5.74, 6) is 5.88. The molecular formula is C17H17N3O2. The quantitative estimate of drug-likeness (QED) is 0.670. The standard InChI is InChI=1S/C17H17N3O2/c18-16-12-19-11-9-15(16)8-4-5-10-20-17(21)22-13-14-6-2-1-3-7-14/h1-3,6-7,9,11-12H,5,10,13,18H2,(H,20,21). The lowest BCUT2D eigenvalue weighted by molar-refractivity contribution is 0.140. The van der Waals surface area contributed by atoms with E-state index in [1.54, 1.807) is 18.5 Å². The van der Waals surface area contributed by atoms with Gasteiger partial charge in [-0.1, -0.05) is 42.2 Å². The number of carbonyl (C=O) groups is 1. The first kappa shape index (κ1) is 15.4. The van der Waals surface area contributed by atoms with Gasteiger partial charge in [0.05, 0.1) is 17.4 Å². The Labute approximate surface area is 129 Å². The monoisotopic (exact) mass is 295 g/mol. The number of nitrogens with zero attached hydrogens (tertiary/aromatic N) is 1. The van der Waals surface area contributed by atoms with Crippen LogP contribution in [0.1, 0.15) is 17.5 Å². The summed E-state index contributed by atoms with van der Waals surface area (Å²) >= 11 is 0. The van der Waals surface area contributed by atoms with Crippen molar-refractivity contribution in [3.63, 3.8) is 0 Å². The zero-order chi connectivity index (χ0) is 15.6. The Morgan fingerprint density at radius 2 is 2.09 bits per heavy atom. The van der Waals surface area contributed by atoms with Crippen molar-refractivity contribution in [2.24, 2.45) is 0 Å². The van der Waals surface area contributed by atoms with Gasteiger partial charge < -0.3 is 15.8 Å². The Morgan fingerprint density at radius 1 is 1.27 bits per heavy atom. The molecule has 2 rings (SSSR count). The van der Waals surface area contributed by atoms with Gasteiger partial charge in [-0.25, -0.2) is 4.79 Å². The minimum absolute atomic E-state index is 0.256. The van der Waals surface area contributed by atoms with Crippen LogP contribution < -0.4 is 11.1 Å². The molecule has 1 aromatic heterocycles. The lowest BCUT2D eigenvalue weighted by atomic mass is 10.2. The van der Waals surface area contributed by atoms with Gasteiger partial charge in [-0.15, -0.1) is 0 Å². The van der Waals surface area contributed by atoms with Crippen LogP contribution in [-0.2, 0) is 11.3 Å². The van der Waals surface area contributed by atoms with E-state index in [-0.39, 0.29) is 6.61 Å². The predicted molar refractivity (Wildman–Crippen MR) is 84.8 cm³/mol. The van der Waals surface area contributed by atoms with Gasteiger partial charge in [0.1, 0.15) is 6.61 Å². The number of hydrogen-bond acceptors (Lipinski definition) is 4. The van der Waals surface area contributed by atoms with Crippen molar-refractivity contribution in [2.75, 3.05) is 12.3 Å². The first-order chi connectivity index (χ1) is 10.8. The molecule has 0 bridgehead atoms. The summed E-state index contributed by atoms with van der Waals surface area (Å²) in [5, 5.41) is 2.65. The Kier molecular flexibility index (Phi) is 5.82. The summed E-state index contributed by atoms with van der Waals surface area (Å²) < 4.78 is 5.09. The number of benzene rings is 1. The van der Waals surface area contributed by atoms with E-state index >= 15 is 0 Å². The summed E-state index contributed by atoms with van der Waals surface area (Å²) in [6, 6.07) is 11.3. The van der Waals surface area contributed by atoms with Gasteiger partial charge in [0.2, 0.25) is 0 Å². The highest BCUT2D eigenvalue weighted by atomic mass is 16.5. The number of ether oxygens (including phenoxy) is 1. The Balaban J connectivity index is 1.67. The molecular weight excluding hydrogens is 278 g/mol. The average Bonchev–Trinajstić information content (AvgIpc) is 2.55. The van der Waals surface area contributed by atoms with Crippen molar-refractivity contribution < 1.29 is 9.53 Å². The zero-order valence-corrected chi connectivity index (χ0v) is 12.1. The third kappa shape index (κ3) is 5.17. The zero-order valence-electron chi connectivity index (χ0n) is 12.1. The topological polar surface area (TPSA) is 77.2 Å². The van der Waals surface area contributed by atoms with Gasteiger partial charge in [0, 0.05) is 19.2 Å². The molecule has 1 aromatic carbocycles. The number of amides is 1. The van der Waals surface area contributed by atoms with Crippen LogP contribution >= 0.6 is 0 Å². The molecule has 22 heavy (non-hydrogen) atoms. The number of nitrogens with two attached hydrogens (primary N) is 1. The number of rotatable bonds is 4. The van der Waals surface area contributed by atoms with E-state index in [2.05, 4.69) is 22.1 Å². The van der Waals surface area contributed by atoms with Crippen molar-refractivity contribution >= 4 is 11.8 Å². The minimum Gasteiger partial charge on any atom is -0.445 e. The van der Waals surface area contributed by atoms with Crippen molar-refractivity contribution in [2.45, 2.75) is 13.0 Å². The average molecular weight is 295 g/mol. The Hall–Kier alpha value is -3.00. The maximum absolute atomic E-state index is 11.5. The maximum atomic E-state index is 11.5. The van der Waals surface area contributed by atoms with Gasteiger partial charge in [-0.05, 0) is 11.6 Å². The van der Waals surface area contributed by atoms with Gasteiger partial charge in [-0.2, -0.15) is 0 Å². The summed E-state index contributed by atoms with van der Waals surface area (Å²) in [7, 11) is 0. The molecule has 112 valence electrons. The Bertz CT molecular complexity index is 675. The number of nitrogen functional groups attached to an aromatic ring is 1. The van der Waals surface area contributed by atoms with Crippen molar-refractivity contribution in [1.82, 2.24) is 10.3 Å². The van der Waals surface area contributed by atoms with E-state index in [1.165, 1.54) is 0 Å². The molecule has 1 heterocycles. The van der Waals surface area contributed by atoms with Crippen LogP contribution in [0, 0.1) is 11.8 Å². The van der Waals surface area contributed by atoms with E-state index in [1.807, 2.05) is 30.3 Å². The molecule has 0 aliphatic heterocycles. The van der Waals surface area contributed by atoms with Crippen LogP contribution in [0.4, 0.5) is 10.5 Å². The number of pyridine rings is 1. The van der Waals surface area contributed by atoms with Crippen LogP contribution in [0.2, 0.25) is 0 Å². The smallest absolute Gasteiger partial charge is 0.407 e. The van der Waals surface area contributed by atoms with E-state index < -0.39 is 6.09 Å². The molecule has 5 nitrogen and oxygen atoms in total. The van der Waals surface area contributed by atoms with Crippen LogP contribution in [0.3, 0.4) is 0 Å². The van der Waals surface area contributed by atoms with Crippen LogP contribution in [0.15, 0.2) is 48.8 Å². The number of nitrogens with one attached hydrogen (secondary N) is 1. The molecule has 0 saturated carbocycles. The first-order valence-electron chi connectivity index (χ1n) is 6.88. The van der Waals surface area contributed by atoms with E-state index in [0.29, 0.717) is 18.7 Å². The van der Waals surface area contributed by atoms with Gasteiger partial charge in [0.15, 0.2) is 0 Å². The predicted octanol–water partition coefficient (Wildman–Crippen LogP) is 2.33. The third-order valence-corrected chi connectivity index (χ3v) is 2.81. The molecule has 0 unspecified atom stereocenters. The molecule has 0 aliphatic carbocycles. The highest BCUT2D eigenvalue weighted by Crippen LogP contribution is 2.05. The molecule has 0 fully saturated rings. The van der Waals surface area contributed by atoms with Crippen LogP contribution in [0.25, 0.3) is 0 Å². The van der Waals surface area contributed by atoms with Crippen molar-refractivity contribution in [1.29, 1.82) is 0 Å². The third-order valence-electron chi connectivity index (χ3n) is 2.81. The SMILES string of the molecule is Nc1cnccc1C#CCCNC(=O)OCc1ccccc1. The molecule has 0 spiro atoms. The second kappa shape index (κ2) is 8.32. The molecule has 0 radical (unpaired) electrons. The molecule has 1 amide bonds. The fraction of sp³-hybridized carbons (Fsp3) is 0.176. The maximum Gasteiger partial charge on any atom is 0.407 e. The van der Waals surface area contributed by atoms with E-state index in [0.717, 1.165) is 11.1 Å². The summed E-state index contributed by atoms with van der Waals surface area (Å²) in [6.45, 7) is 0.678. The van der Waals surface area contributed by atoms with Gasteiger partial charge >= 0.3 is 6.09 Å². The first-order valence-corrected chi connectivity index (χ1v) is 6.88. The minimum atomic E-state index is -0.450. The second-order valence-corrected chi connectivity index (χ2v) is 4.50. The fourth-order valence-electron chi connectivity index (χ4n) is 1.68. The largest absolute Gasteiger partial charge is 0.445 e. The molecule has 0 saturated heterocycles. The molecule has 3 N–H and O–H groups in total. The number of aromatic nitrogens is 1. The fourth-order valence-corrected chi connectivity index (χ4v) is 1.68. The lowest BCUT2D eigenvalue weighted by Gasteiger charge is -2.05. The summed E-state index contributed by atoms with van der Waals surface area (Å²) in [5.41, 5.74) is 7.96. The number of alkyl carbamates (subject to hydrolysis) is 1.